The summed E-state index contributed by atoms with van der Waals surface area (Å²) >= 11 is 0. The van der Waals surface area contributed by atoms with E-state index in [-0.39, 0.29) is 18.3 Å². The molecule has 2 N–H and O–H groups in total. The maximum atomic E-state index is 12.6. The Hall–Kier alpha value is -1.26. The Balaban J connectivity index is 0.00000441. The first-order valence-electron chi connectivity index (χ1n) is 7.85. The van der Waals surface area contributed by atoms with Gasteiger partial charge in [-0.1, -0.05) is 27.7 Å². The molecule has 0 spiro atoms. The summed E-state index contributed by atoms with van der Waals surface area (Å²) in [5.74, 6) is 0.551. The van der Waals surface area contributed by atoms with Crippen LogP contribution in [-0.2, 0) is 0 Å². The second kappa shape index (κ2) is 10.5. The van der Waals surface area contributed by atoms with Gasteiger partial charge in [-0.25, -0.2) is 0 Å². The molecule has 0 bridgehead atoms. The van der Waals surface area contributed by atoms with Crippen LogP contribution in [0.4, 0.5) is 5.69 Å². The lowest BCUT2D eigenvalue weighted by Gasteiger charge is -2.28. The molecule has 0 heterocycles. The van der Waals surface area contributed by atoms with Crippen LogP contribution in [0.3, 0.4) is 0 Å². The number of likely N-dealkylation sites (N-methyl/N-ethyl adjacent to an activating group) is 1. The minimum Gasteiger partial charge on any atom is -0.399 e. The van der Waals surface area contributed by atoms with E-state index >= 15 is 0 Å². The topological polar surface area (TPSA) is 49.6 Å². The van der Waals surface area contributed by atoms with Crippen molar-refractivity contribution in [1.82, 2.24) is 9.80 Å². The molecule has 0 saturated heterocycles. The number of anilines is 1. The Morgan fingerprint density at radius 1 is 1.09 bits per heavy atom. The first-order chi connectivity index (χ1) is 9.97. The molecule has 5 heteroatoms. The average Bonchev–Trinajstić information content (AvgIpc) is 2.46. The number of nitrogen functional groups attached to an aromatic ring is 1. The molecule has 0 saturated carbocycles. The summed E-state index contributed by atoms with van der Waals surface area (Å²) in [5.41, 5.74) is 7.08. The van der Waals surface area contributed by atoms with E-state index in [1.165, 1.54) is 0 Å². The van der Waals surface area contributed by atoms with Gasteiger partial charge in [0.2, 0.25) is 0 Å². The molecule has 1 amide bonds. The Labute approximate surface area is 141 Å². The summed E-state index contributed by atoms with van der Waals surface area (Å²) in [4.78, 5) is 16.9. The van der Waals surface area contributed by atoms with Crippen molar-refractivity contribution in [3.8, 4) is 0 Å². The molecule has 1 aromatic rings. The number of hydrogen-bond donors (Lipinski definition) is 1. The zero-order chi connectivity index (χ0) is 15.8. The highest BCUT2D eigenvalue weighted by Gasteiger charge is 2.17. The van der Waals surface area contributed by atoms with E-state index in [1.807, 2.05) is 17.0 Å². The van der Waals surface area contributed by atoms with Gasteiger partial charge in [0, 0.05) is 30.9 Å². The van der Waals surface area contributed by atoms with E-state index in [0.29, 0.717) is 17.2 Å². The van der Waals surface area contributed by atoms with Crippen LogP contribution in [0.2, 0.25) is 0 Å². The SMILES string of the molecule is CCN(CC)CCN(CC(C)C)C(=O)c1ccc(N)cc1.Cl. The summed E-state index contributed by atoms with van der Waals surface area (Å²) in [6.07, 6.45) is 0. The van der Waals surface area contributed by atoms with Crippen LogP contribution >= 0.6 is 12.4 Å². The van der Waals surface area contributed by atoms with Crippen molar-refractivity contribution >= 4 is 24.0 Å². The first-order valence-corrected chi connectivity index (χ1v) is 7.85. The van der Waals surface area contributed by atoms with Gasteiger partial charge in [-0.2, -0.15) is 0 Å². The van der Waals surface area contributed by atoms with Crippen molar-refractivity contribution in [2.24, 2.45) is 5.92 Å². The Kier molecular flexibility index (Phi) is 9.86. The monoisotopic (exact) mass is 327 g/mol. The molecule has 0 aliphatic heterocycles. The smallest absolute Gasteiger partial charge is 0.253 e. The minimum absolute atomic E-state index is 0. The van der Waals surface area contributed by atoms with E-state index < -0.39 is 0 Å². The van der Waals surface area contributed by atoms with Gasteiger partial charge in [-0.3, -0.25) is 4.79 Å². The van der Waals surface area contributed by atoms with Crippen molar-refractivity contribution in [3.05, 3.63) is 29.8 Å². The Morgan fingerprint density at radius 2 is 1.64 bits per heavy atom. The summed E-state index contributed by atoms with van der Waals surface area (Å²) in [7, 11) is 0. The fourth-order valence-corrected chi connectivity index (χ4v) is 2.33. The fourth-order valence-electron chi connectivity index (χ4n) is 2.33. The molecule has 0 aliphatic rings. The molecular formula is C17H30ClN3O. The number of nitrogens with zero attached hydrogens (tertiary/aromatic N) is 2. The highest BCUT2D eigenvalue weighted by molar-refractivity contribution is 5.94. The van der Waals surface area contributed by atoms with Crippen molar-refractivity contribution < 1.29 is 4.79 Å². The molecule has 4 nitrogen and oxygen atoms in total. The molecule has 0 aromatic heterocycles. The van der Waals surface area contributed by atoms with Crippen LogP contribution in [0, 0.1) is 5.92 Å². The zero-order valence-electron chi connectivity index (χ0n) is 14.2. The highest BCUT2D eigenvalue weighted by Crippen LogP contribution is 2.10. The molecular weight excluding hydrogens is 298 g/mol. The number of halogens is 1. The standard InChI is InChI=1S/C17H29N3O.ClH/c1-5-19(6-2)11-12-20(13-14(3)4)17(21)15-7-9-16(18)10-8-15;/h7-10,14H,5-6,11-13,18H2,1-4H3;1H. The number of nitrogens with two attached hydrogens (primary N) is 1. The lowest BCUT2D eigenvalue weighted by atomic mass is 10.1. The second-order valence-corrected chi connectivity index (χ2v) is 5.79. The fraction of sp³-hybridized carbons (Fsp3) is 0.588. The molecule has 22 heavy (non-hydrogen) atoms. The van der Waals surface area contributed by atoms with E-state index in [9.17, 15) is 4.79 Å². The van der Waals surface area contributed by atoms with Gasteiger partial charge in [-0.15, -0.1) is 12.4 Å². The third-order valence-corrected chi connectivity index (χ3v) is 3.61. The molecule has 0 radical (unpaired) electrons. The molecule has 126 valence electrons. The van der Waals surface area contributed by atoms with Gasteiger partial charge in [0.1, 0.15) is 0 Å². The van der Waals surface area contributed by atoms with Gasteiger partial charge in [0.15, 0.2) is 0 Å². The van der Waals surface area contributed by atoms with Gasteiger partial charge < -0.3 is 15.5 Å². The van der Waals surface area contributed by atoms with E-state index in [0.717, 1.165) is 32.7 Å². The third-order valence-electron chi connectivity index (χ3n) is 3.61. The number of benzene rings is 1. The van der Waals surface area contributed by atoms with Crippen LogP contribution in [0.25, 0.3) is 0 Å². The maximum Gasteiger partial charge on any atom is 0.253 e. The van der Waals surface area contributed by atoms with Crippen molar-refractivity contribution in [2.45, 2.75) is 27.7 Å². The van der Waals surface area contributed by atoms with Crippen LogP contribution in [0.5, 0.6) is 0 Å². The molecule has 0 fully saturated rings. The van der Waals surface area contributed by atoms with E-state index in [1.54, 1.807) is 12.1 Å². The predicted molar refractivity (Wildman–Crippen MR) is 96.6 cm³/mol. The van der Waals surface area contributed by atoms with E-state index in [2.05, 4.69) is 32.6 Å². The zero-order valence-corrected chi connectivity index (χ0v) is 15.0. The molecule has 0 unspecified atom stereocenters. The number of carbonyl (C=O) groups is 1. The number of hydrogen-bond acceptors (Lipinski definition) is 3. The number of rotatable bonds is 8. The Bertz CT molecular complexity index is 430. The minimum atomic E-state index is 0. The van der Waals surface area contributed by atoms with Gasteiger partial charge in [-0.05, 0) is 43.3 Å². The quantitative estimate of drug-likeness (QED) is 0.746. The van der Waals surface area contributed by atoms with Gasteiger partial charge in [0.25, 0.3) is 5.91 Å². The van der Waals surface area contributed by atoms with Crippen molar-refractivity contribution in [3.63, 3.8) is 0 Å². The number of amides is 1. The summed E-state index contributed by atoms with van der Waals surface area (Å²) < 4.78 is 0. The van der Waals surface area contributed by atoms with Crippen molar-refractivity contribution in [1.29, 1.82) is 0 Å². The largest absolute Gasteiger partial charge is 0.399 e. The van der Waals surface area contributed by atoms with Crippen LogP contribution in [0.1, 0.15) is 38.1 Å². The molecule has 1 aromatic carbocycles. The normalized spacial score (nSPS) is 10.6. The maximum absolute atomic E-state index is 12.6. The second-order valence-electron chi connectivity index (χ2n) is 5.79. The highest BCUT2D eigenvalue weighted by atomic mass is 35.5. The third kappa shape index (κ3) is 6.67. The van der Waals surface area contributed by atoms with Crippen LogP contribution < -0.4 is 5.73 Å². The van der Waals surface area contributed by atoms with Crippen LogP contribution in [0.15, 0.2) is 24.3 Å². The molecule has 0 atom stereocenters. The summed E-state index contributed by atoms with van der Waals surface area (Å²) in [6.45, 7) is 13.1. The average molecular weight is 328 g/mol. The lowest BCUT2D eigenvalue weighted by molar-refractivity contribution is 0.0716. The Morgan fingerprint density at radius 3 is 2.09 bits per heavy atom. The predicted octanol–water partition coefficient (Wildman–Crippen LogP) is 3.13. The van der Waals surface area contributed by atoms with Crippen molar-refractivity contribution in [2.75, 3.05) is 38.5 Å². The molecule has 1 rings (SSSR count). The summed E-state index contributed by atoms with van der Waals surface area (Å²) in [6, 6.07) is 7.18. The summed E-state index contributed by atoms with van der Waals surface area (Å²) in [5, 5.41) is 0. The first kappa shape index (κ1) is 20.7. The van der Waals surface area contributed by atoms with Gasteiger partial charge >= 0.3 is 0 Å². The molecule has 0 aliphatic carbocycles. The number of carbonyl (C=O) groups excluding carboxylic acids is 1. The van der Waals surface area contributed by atoms with E-state index in [4.69, 9.17) is 5.73 Å². The van der Waals surface area contributed by atoms with Crippen LogP contribution in [-0.4, -0.2) is 48.4 Å². The lowest BCUT2D eigenvalue weighted by Crippen LogP contribution is -2.40. The van der Waals surface area contributed by atoms with Gasteiger partial charge in [0.05, 0.1) is 0 Å².